The van der Waals surface area contributed by atoms with Crippen LogP contribution in [0.15, 0.2) is 67.0 Å². The molecule has 3 aromatic rings. The van der Waals surface area contributed by atoms with Crippen LogP contribution < -0.4 is 10.6 Å². The maximum Gasteiger partial charge on any atom is 0.224 e. The van der Waals surface area contributed by atoms with Crippen LogP contribution in [0.1, 0.15) is 5.56 Å². The lowest BCUT2D eigenvalue weighted by molar-refractivity contribution is -0.120. The highest BCUT2D eigenvalue weighted by atomic mass is 16.1. The molecule has 0 aliphatic rings. The Hall–Kier alpha value is -3.15. The van der Waals surface area contributed by atoms with Gasteiger partial charge in [-0.1, -0.05) is 30.3 Å². The van der Waals surface area contributed by atoms with E-state index < -0.39 is 0 Å². The first-order valence-corrected chi connectivity index (χ1v) is 7.83. The van der Waals surface area contributed by atoms with Crippen LogP contribution in [0.2, 0.25) is 0 Å². The van der Waals surface area contributed by atoms with Crippen molar-refractivity contribution in [2.45, 2.75) is 6.42 Å². The second kappa shape index (κ2) is 7.92. The van der Waals surface area contributed by atoms with Gasteiger partial charge in [0.05, 0.1) is 6.42 Å². The number of amides is 1. The third-order valence-corrected chi connectivity index (χ3v) is 3.48. The van der Waals surface area contributed by atoms with Crippen molar-refractivity contribution >= 4 is 11.7 Å². The van der Waals surface area contributed by atoms with E-state index in [1.54, 1.807) is 0 Å². The first-order valence-electron chi connectivity index (χ1n) is 7.83. The van der Waals surface area contributed by atoms with Crippen LogP contribution in [-0.4, -0.2) is 33.8 Å². The summed E-state index contributed by atoms with van der Waals surface area (Å²) in [7, 11) is 0. The molecule has 2 aromatic heterocycles. The minimum atomic E-state index is 0.0111. The molecule has 0 radical (unpaired) electrons. The summed E-state index contributed by atoms with van der Waals surface area (Å²) in [6.45, 7) is 1.13. The second-order valence-electron chi connectivity index (χ2n) is 5.31. The zero-order valence-corrected chi connectivity index (χ0v) is 13.2. The Morgan fingerprint density at radius 2 is 1.71 bits per heavy atom. The van der Waals surface area contributed by atoms with Crippen molar-refractivity contribution in [3.8, 4) is 5.82 Å². The summed E-state index contributed by atoms with van der Waals surface area (Å²) in [6.07, 6.45) is 4.23. The molecule has 0 saturated heterocycles. The van der Waals surface area contributed by atoms with Crippen LogP contribution >= 0.6 is 0 Å². The maximum absolute atomic E-state index is 11.8. The topological polar surface area (TPSA) is 71.8 Å². The van der Waals surface area contributed by atoms with E-state index in [2.05, 4.69) is 20.8 Å². The summed E-state index contributed by atoms with van der Waals surface area (Å²) in [5, 5.41) is 14.3. The molecule has 6 nitrogen and oxygen atoms in total. The van der Waals surface area contributed by atoms with Crippen molar-refractivity contribution in [1.29, 1.82) is 0 Å². The Morgan fingerprint density at radius 3 is 2.42 bits per heavy atom. The summed E-state index contributed by atoms with van der Waals surface area (Å²) in [4.78, 5) is 11.8. The number of nitrogens with one attached hydrogen (secondary N) is 2. The van der Waals surface area contributed by atoms with Gasteiger partial charge in [-0.3, -0.25) is 4.79 Å². The lowest BCUT2D eigenvalue weighted by atomic mass is 10.1. The van der Waals surface area contributed by atoms with Gasteiger partial charge in [-0.05, 0) is 29.8 Å². The number of aromatic nitrogens is 3. The van der Waals surface area contributed by atoms with Crippen molar-refractivity contribution in [2.75, 3.05) is 18.4 Å². The van der Waals surface area contributed by atoms with Gasteiger partial charge in [-0.15, -0.1) is 10.2 Å². The van der Waals surface area contributed by atoms with Gasteiger partial charge in [0, 0.05) is 25.5 Å². The Kier molecular flexibility index (Phi) is 5.19. The van der Waals surface area contributed by atoms with Crippen LogP contribution in [0.3, 0.4) is 0 Å². The van der Waals surface area contributed by atoms with Crippen LogP contribution in [0.25, 0.3) is 5.82 Å². The van der Waals surface area contributed by atoms with E-state index in [0.717, 1.165) is 11.4 Å². The lowest BCUT2D eigenvalue weighted by Crippen LogP contribution is -2.30. The molecule has 1 amide bonds. The number of hydrogen-bond donors (Lipinski definition) is 2. The molecular weight excluding hydrogens is 302 g/mol. The number of carbonyl (C=O) groups is 1. The maximum atomic E-state index is 11.8. The molecule has 0 saturated carbocycles. The highest BCUT2D eigenvalue weighted by molar-refractivity contribution is 5.78. The largest absolute Gasteiger partial charge is 0.367 e. The number of nitrogens with zero attached hydrogens (tertiary/aromatic N) is 3. The van der Waals surface area contributed by atoms with Gasteiger partial charge < -0.3 is 15.2 Å². The zero-order chi connectivity index (χ0) is 16.6. The molecule has 1 aromatic carbocycles. The smallest absolute Gasteiger partial charge is 0.224 e. The minimum Gasteiger partial charge on any atom is -0.367 e. The van der Waals surface area contributed by atoms with Gasteiger partial charge >= 0.3 is 0 Å². The average Bonchev–Trinajstić information content (AvgIpc) is 3.15. The Bertz CT molecular complexity index is 754. The predicted octanol–water partition coefficient (Wildman–Crippen LogP) is 2.04. The van der Waals surface area contributed by atoms with Crippen LogP contribution in [0.5, 0.6) is 0 Å². The van der Waals surface area contributed by atoms with Crippen LogP contribution in [0.4, 0.5) is 5.82 Å². The molecule has 24 heavy (non-hydrogen) atoms. The Labute approximate surface area is 140 Å². The third-order valence-electron chi connectivity index (χ3n) is 3.48. The van der Waals surface area contributed by atoms with Crippen LogP contribution in [0, 0.1) is 0 Å². The Morgan fingerprint density at radius 1 is 0.917 bits per heavy atom. The molecule has 122 valence electrons. The fourth-order valence-corrected chi connectivity index (χ4v) is 2.28. The number of benzene rings is 1. The summed E-state index contributed by atoms with van der Waals surface area (Å²) in [5.41, 5.74) is 1.01. The van der Waals surface area contributed by atoms with Gasteiger partial charge in [0.1, 0.15) is 5.82 Å². The first-order chi connectivity index (χ1) is 11.8. The summed E-state index contributed by atoms with van der Waals surface area (Å²) in [5.74, 6) is 1.46. The van der Waals surface area contributed by atoms with Gasteiger partial charge in [0.2, 0.25) is 5.91 Å². The molecule has 2 heterocycles. The first kappa shape index (κ1) is 15.7. The standard InChI is InChI=1S/C18H19N5O/c24-18(14-15-6-2-1-3-7-15)20-11-10-19-16-8-9-17(22-21-16)23-12-4-5-13-23/h1-9,12-13H,10-11,14H2,(H,19,21)(H,20,24). The Balaban J connectivity index is 1.39. The predicted molar refractivity (Wildman–Crippen MR) is 93.0 cm³/mol. The molecule has 3 rings (SSSR count). The molecule has 6 heteroatoms. The van der Waals surface area contributed by atoms with E-state index in [9.17, 15) is 4.79 Å². The molecule has 0 fully saturated rings. The number of anilines is 1. The summed E-state index contributed by atoms with van der Waals surface area (Å²) >= 11 is 0. The number of rotatable bonds is 7. The fraction of sp³-hybridized carbons (Fsp3) is 0.167. The molecule has 2 N–H and O–H groups in total. The quantitative estimate of drug-likeness (QED) is 0.653. The average molecular weight is 321 g/mol. The van der Waals surface area contributed by atoms with Gasteiger partial charge in [-0.25, -0.2) is 0 Å². The van der Waals surface area contributed by atoms with Gasteiger partial charge in [0.15, 0.2) is 5.82 Å². The molecule has 0 aliphatic heterocycles. The van der Waals surface area contributed by atoms with Crippen LogP contribution in [-0.2, 0) is 11.2 Å². The molecule has 0 spiro atoms. The van der Waals surface area contributed by atoms with E-state index in [1.165, 1.54) is 0 Å². The molecule has 0 atom stereocenters. The van der Waals surface area contributed by atoms with Crippen molar-refractivity contribution in [1.82, 2.24) is 20.1 Å². The number of carbonyl (C=O) groups excluding carboxylic acids is 1. The molecule has 0 unspecified atom stereocenters. The monoisotopic (exact) mass is 321 g/mol. The lowest BCUT2D eigenvalue weighted by Gasteiger charge is -2.08. The third kappa shape index (κ3) is 4.42. The van der Waals surface area contributed by atoms with Gasteiger partial charge in [-0.2, -0.15) is 0 Å². The summed E-state index contributed by atoms with van der Waals surface area (Å²) < 4.78 is 1.89. The minimum absolute atomic E-state index is 0.0111. The van der Waals surface area contributed by atoms with Crippen molar-refractivity contribution in [3.05, 3.63) is 72.6 Å². The van der Waals surface area contributed by atoms with E-state index in [1.807, 2.05) is 71.6 Å². The van der Waals surface area contributed by atoms with E-state index in [4.69, 9.17) is 0 Å². The normalized spacial score (nSPS) is 10.3. The number of hydrogen-bond acceptors (Lipinski definition) is 4. The van der Waals surface area contributed by atoms with Crippen molar-refractivity contribution < 1.29 is 4.79 Å². The molecule has 0 bridgehead atoms. The van der Waals surface area contributed by atoms with E-state index in [0.29, 0.717) is 25.3 Å². The summed E-state index contributed by atoms with van der Waals surface area (Å²) in [6, 6.07) is 17.3. The van der Waals surface area contributed by atoms with Crippen molar-refractivity contribution in [2.24, 2.45) is 0 Å². The fourth-order valence-electron chi connectivity index (χ4n) is 2.28. The zero-order valence-electron chi connectivity index (χ0n) is 13.2. The second-order valence-corrected chi connectivity index (χ2v) is 5.31. The van der Waals surface area contributed by atoms with Crippen molar-refractivity contribution in [3.63, 3.8) is 0 Å². The van der Waals surface area contributed by atoms with Gasteiger partial charge in [0.25, 0.3) is 0 Å². The highest BCUT2D eigenvalue weighted by Gasteiger charge is 2.02. The van der Waals surface area contributed by atoms with E-state index >= 15 is 0 Å². The SMILES string of the molecule is O=C(Cc1ccccc1)NCCNc1ccc(-n2cccc2)nn1. The highest BCUT2D eigenvalue weighted by Crippen LogP contribution is 2.06. The molecule has 0 aliphatic carbocycles. The molecular formula is C18H19N5O. The van der Waals surface area contributed by atoms with E-state index in [-0.39, 0.29) is 5.91 Å².